The number of halogens is 2. The molecular formula is C29H29Cl2N3O. The van der Waals surface area contributed by atoms with Gasteiger partial charge in [0.15, 0.2) is 0 Å². The summed E-state index contributed by atoms with van der Waals surface area (Å²) in [7, 11) is 0. The Labute approximate surface area is 216 Å². The fourth-order valence-corrected chi connectivity index (χ4v) is 5.39. The van der Waals surface area contributed by atoms with Crippen molar-refractivity contribution in [3.05, 3.63) is 76.2 Å². The summed E-state index contributed by atoms with van der Waals surface area (Å²) >= 11 is 12.9. The van der Waals surface area contributed by atoms with Crippen molar-refractivity contribution in [2.24, 2.45) is 0 Å². The normalized spacial score (nSPS) is 15.9. The molecule has 180 valence electrons. The summed E-state index contributed by atoms with van der Waals surface area (Å²) in [4.78, 5) is 8.88. The summed E-state index contributed by atoms with van der Waals surface area (Å²) < 4.78 is 6.58. The largest absolute Gasteiger partial charge is 0.492 e. The Bertz CT molecular complexity index is 1350. The standard InChI is InChI=1S/C29H29Cl2N3O/c1-18-11-19(2)13-21(12-18)25-17-34-27-16-26(30)23(20-6-9-33-28(31)14-20)15-24(27)29(25)35-10-7-22-5-3-4-8-32-22/h6,9,11-17,22,32H,3-5,7-8,10H2,1-2H3/t22-/m1/s1. The molecule has 6 heteroatoms. The highest BCUT2D eigenvalue weighted by atomic mass is 35.5. The molecule has 0 unspecified atom stereocenters. The average Bonchev–Trinajstić information content (AvgIpc) is 2.83. The number of aromatic nitrogens is 2. The van der Waals surface area contributed by atoms with Gasteiger partial charge in [-0.3, -0.25) is 4.98 Å². The van der Waals surface area contributed by atoms with Crippen molar-refractivity contribution in [2.45, 2.75) is 45.6 Å². The first kappa shape index (κ1) is 24.1. The fourth-order valence-electron chi connectivity index (χ4n) is 4.95. The summed E-state index contributed by atoms with van der Waals surface area (Å²) in [6, 6.07) is 14.8. The van der Waals surface area contributed by atoms with E-state index in [0.29, 0.717) is 22.8 Å². The number of benzene rings is 2. The van der Waals surface area contributed by atoms with Crippen LogP contribution in [0.25, 0.3) is 33.2 Å². The Morgan fingerprint density at radius 2 is 1.77 bits per heavy atom. The molecule has 0 saturated carbocycles. The van der Waals surface area contributed by atoms with E-state index in [0.717, 1.165) is 51.9 Å². The highest BCUT2D eigenvalue weighted by molar-refractivity contribution is 6.34. The van der Waals surface area contributed by atoms with Gasteiger partial charge in [0.2, 0.25) is 0 Å². The number of aryl methyl sites for hydroxylation is 2. The Hall–Kier alpha value is -2.66. The molecule has 0 spiro atoms. The predicted octanol–water partition coefficient (Wildman–Crippen LogP) is 7.80. The van der Waals surface area contributed by atoms with Gasteiger partial charge >= 0.3 is 0 Å². The zero-order valence-corrected chi connectivity index (χ0v) is 21.6. The molecule has 1 atom stereocenters. The quantitative estimate of drug-likeness (QED) is 0.271. The number of piperidine rings is 1. The van der Waals surface area contributed by atoms with Gasteiger partial charge in [0, 0.05) is 34.9 Å². The van der Waals surface area contributed by atoms with Gasteiger partial charge in [-0.15, -0.1) is 0 Å². The van der Waals surface area contributed by atoms with Crippen LogP contribution in [0.1, 0.15) is 36.8 Å². The van der Waals surface area contributed by atoms with Crippen molar-refractivity contribution in [2.75, 3.05) is 13.2 Å². The van der Waals surface area contributed by atoms with Crippen LogP contribution in [0.4, 0.5) is 0 Å². The van der Waals surface area contributed by atoms with Crippen LogP contribution in [-0.4, -0.2) is 29.2 Å². The lowest BCUT2D eigenvalue weighted by molar-refractivity contribution is 0.271. The maximum Gasteiger partial charge on any atom is 0.138 e. The second-order valence-electron chi connectivity index (χ2n) is 9.38. The van der Waals surface area contributed by atoms with Crippen LogP contribution in [0, 0.1) is 13.8 Å². The van der Waals surface area contributed by atoms with Crippen LogP contribution in [0.2, 0.25) is 10.2 Å². The lowest BCUT2D eigenvalue weighted by atomic mass is 9.97. The van der Waals surface area contributed by atoms with Gasteiger partial charge in [-0.25, -0.2) is 4.98 Å². The van der Waals surface area contributed by atoms with Crippen LogP contribution < -0.4 is 10.1 Å². The molecule has 5 rings (SSSR count). The lowest BCUT2D eigenvalue weighted by Gasteiger charge is -2.24. The van der Waals surface area contributed by atoms with Gasteiger partial charge in [-0.2, -0.15) is 0 Å². The molecule has 1 saturated heterocycles. The van der Waals surface area contributed by atoms with Crippen LogP contribution in [0.15, 0.2) is 54.9 Å². The van der Waals surface area contributed by atoms with Gasteiger partial charge < -0.3 is 10.1 Å². The molecule has 1 aliphatic heterocycles. The molecular weight excluding hydrogens is 477 g/mol. The van der Waals surface area contributed by atoms with E-state index in [4.69, 9.17) is 32.9 Å². The Balaban J connectivity index is 1.61. The number of fused-ring (bicyclic) bond motifs is 1. The van der Waals surface area contributed by atoms with Crippen molar-refractivity contribution < 1.29 is 4.74 Å². The number of hydrogen-bond donors (Lipinski definition) is 1. The summed E-state index contributed by atoms with van der Waals surface area (Å²) in [5.74, 6) is 0.842. The molecule has 0 aliphatic carbocycles. The van der Waals surface area contributed by atoms with Gasteiger partial charge in [0.05, 0.1) is 17.1 Å². The van der Waals surface area contributed by atoms with Gasteiger partial charge in [0.1, 0.15) is 10.9 Å². The van der Waals surface area contributed by atoms with Crippen molar-refractivity contribution in [3.8, 4) is 28.0 Å². The Morgan fingerprint density at radius 3 is 2.51 bits per heavy atom. The molecule has 35 heavy (non-hydrogen) atoms. The van der Waals surface area contributed by atoms with E-state index in [2.05, 4.69) is 48.4 Å². The summed E-state index contributed by atoms with van der Waals surface area (Å²) in [5.41, 5.74) is 7.10. The minimum Gasteiger partial charge on any atom is -0.492 e. The highest BCUT2D eigenvalue weighted by Gasteiger charge is 2.18. The minimum absolute atomic E-state index is 0.428. The second kappa shape index (κ2) is 10.5. The third-order valence-corrected chi connectivity index (χ3v) is 7.12. The van der Waals surface area contributed by atoms with E-state index in [1.54, 1.807) is 6.20 Å². The molecule has 4 aromatic rings. The SMILES string of the molecule is Cc1cc(C)cc(-c2cnc3cc(Cl)c(-c4ccnc(Cl)c4)cc3c2OCC[C@H]2CCCCN2)c1. The number of pyridine rings is 2. The first-order valence-electron chi connectivity index (χ1n) is 12.2. The summed E-state index contributed by atoms with van der Waals surface area (Å²) in [5, 5.41) is 5.60. The Kier molecular flexibility index (Phi) is 7.24. The number of nitrogens with one attached hydrogen (secondary N) is 1. The predicted molar refractivity (Wildman–Crippen MR) is 146 cm³/mol. The van der Waals surface area contributed by atoms with E-state index in [1.165, 1.54) is 30.4 Å². The molecule has 2 aromatic heterocycles. The van der Waals surface area contributed by atoms with Crippen molar-refractivity contribution in [1.82, 2.24) is 15.3 Å². The smallest absolute Gasteiger partial charge is 0.138 e. The monoisotopic (exact) mass is 505 g/mol. The van der Waals surface area contributed by atoms with Crippen LogP contribution in [0.5, 0.6) is 5.75 Å². The summed E-state index contributed by atoms with van der Waals surface area (Å²) in [6.45, 7) is 5.96. The number of hydrogen-bond acceptors (Lipinski definition) is 4. The molecule has 0 bridgehead atoms. The first-order chi connectivity index (χ1) is 17.0. The average molecular weight is 506 g/mol. The van der Waals surface area contributed by atoms with E-state index < -0.39 is 0 Å². The summed E-state index contributed by atoms with van der Waals surface area (Å²) in [6.07, 6.45) is 8.30. The van der Waals surface area contributed by atoms with Crippen LogP contribution in [-0.2, 0) is 0 Å². The maximum atomic E-state index is 6.69. The topological polar surface area (TPSA) is 47.0 Å². The second-order valence-corrected chi connectivity index (χ2v) is 10.2. The van der Waals surface area contributed by atoms with Crippen molar-refractivity contribution in [3.63, 3.8) is 0 Å². The van der Waals surface area contributed by atoms with E-state index in [-0.39, 0.29) is 0 Å². The molecule has 1 aliphatic rings. The molecule has 1 N–H and O–H groups in total. The third kappa shape index (κ3) is 5.45. The molecule has 4 nitrogen and oxygen atoms in total. The number of ether oxygens (including phenoxy) is 1. The number of nitrogens with zero attached hydrogens (tertiary/aromatic N) is 2. The fraction of sp³-hybridized carbons (Fsp3) is 0.310. The lowest BCUT2D eigenvalue weighted by Crippen LogP contribution is -2.35. The minimum atomic E-state index is 0.428. The third-order valence-electron chi connectivity index (χ3n) is 6.60. The van der Waals surface area contributed by atoms with E-state index >= 15 is 0 Å². The molecule has 0 amide bonds. The van der Waals surface area contributed by atoms with Crippen LogP contribution >= 0.6 is 23.2 Å². The van der Waals surface area contributed by atoms with Gasteiger partial charge in [-0.1, -0.05) is 58.9 Å². The van der Waals surface area contributed by atoms with E-state index in [1.807, 2.05) is 24.4 Å². The molecule has 2 aromatic carbocycles. The maximum absolute atomic E-state index is 6.69. The highest BCUT2D eigenvalue weighted by Crippen LogP contribution is 2.41. The van der Waals surface area contributed by atoms with E-state index in [9.17, 15) is 0 Å². The molecule has 1 fully saturated rings. The number of rotatable bonds is 6. The van der Waals surface area contributed by atoms with Crippen molar-refractivity contribution >= 4 is 34.1 Å². The Morgan fingerprint density at radius 1 is 0.943 bits per heavy atom. The zero-order valence-electron chi connectivity index (χ0n) is 20.1. The van der Waals surface area contributed by atoms with Crippen LogP contribution in [0.3, 0.4) is 0 Å². The first-order valence-corrected chi connectivity index (χ1v) is 12.9. The van der Waals surface area contributed by atoms with Gasteiger partial charge in [0.25, 0.3) is 0 Å². The zero-order chi connectivity index (χ0) is 24.4. The van der Waals surface area contributed by atoms with Gasteiger partial charge in [-0.05, 0) is 75.0 Å². The van der Waals surface area contributed by atoms with Crippen molar-refractivity contribution in [1.29, 1.82) is 0 Å². The molecule has 3 heterocycles. The molecule has 0 radical (unpaired) electrons.